The summed E-state index contributed by atoms with van der Waals surface area (Å²) in [7, 11) is 0. The van der Waals surface area contributed by atoms with Crippen LogP contribution >= 0.6 is 0 Å². The lowest BCUT2D eigenvalue weighted by molar-refractivity contribution is 0.660. The van der Waals surface area contributed by atoms with Crippen molar-refractivity contribution < 1.29 is 8.83 Å². The van der Waals surface area contributed by atoms with Crippen LogP contribution in [-0.4, -0.2) is 4.57 Å². The molecule has 0 aliphatic heterocycles. The second-order valence-corrected chi connectivity index (χ2v) is 18.4. The highest BCUT2D eigenvalue weighted by Crippen LogP contribution is 2.55. The van der Waals surface area contributed by atoms with E-state index in [-0.39, 0.29) is 5.41 Å². The van der Waals surface area contributed by atoms with Crippen molar-refractivity contribution >= 4 is 82.7 Å². The Labute approximate surface area is 387 Å². The number of anilines is 3. The number of rotatable bonds is 6. The van der Waals surface area contributed by atoms with Gasteiger partial charge in [0.2, 0.25) is 0 Å². The summed E-state index contributed by atoms with van der Waals surface area (Å²) in [6.07, 6.45) is 0. The highest BCUT2D eigenvalue weighted by Gasteiger charge is 2.38. The maximum absolute atomic E-state index is 6.76. The van der Waals surface area contributed by atoms with E-state index in [9.17, 15) is 0 Å². The molecule has 0 fully saturated rings. The third-order valence-electron chi connectivity index (χ3n) is 14.4. The smallest absolute Gasteiger partial charge is 0.159 e. The van der Waals surface area contributed by atoms with Crippen molar-refractivity contribution in [2.75, 3.05) is 4.90 Å². The summed E-state index contributed by atoms with van der Waals surface area (Å²) in [5.74, 6) is 0. The molecule has 0 N–H and O–H groups in total. The molecule has 0 atom stereocenters. The van der Waals surface area contributed by atoms with Crippen molar-refractivity contribution in [3.8, 4) is 39.1 Å². The fourth-order valence-electron chi connectivity index (χ4n) is 11.3. The lowest BCUT2D eigenvalue weighted by Crippen LogP contribution is -2.16. The van der Waals surface area contributed by atoms with E-state index in [1.807, 2.05) is 12.1 Å². The minimum absolute atomic E-state index is 0.151. The quantitative estimate of drug-likeness (QED) is 0.167. The Kier molecular flexibility index (Phi) is 8.00. The minimum atomic E-state index is -0.151. The fourth-order valence-corrected chi connectivity index (χ4v) is 11.3. The number of fused-ring (bicyclic) bond motifs is 12. The number of hydrogen-bond acceptors (Lipinski definition) is 3. The SMILES string of the molecule is CC1(C)c2ccccc2-c2c(N(c3ccc(-c4ccccc4)cc3)c3cccc4oc5ccc(-c6ccc7c(c6)c6ccccc6n7-c6cccc7c6oc6ccccc67)cc5c34)cccc21. The Morgan fingerprint density at radius 2 is 1.01 bits per heavy atom. The van der Waals surface area contributed by atoms with Gasteiger partial charge in [0.1, 0.15) is 16.7 Å². The third kappa shape index (κ3) is 5.54. The average Bonchev–Trinajstić information content (AvgIpc) is 4.11. The van der Waals surface area contributed by atoms with Gasteiger partial charge in [0.25, 0.3) is 0 Å². The molecule has 3 aromatic heterocycles. The summed E-state index contributed by atoms with van der Waals surface area (Å²) in [6.45, 7) is 4.70. The van der Waals surface area contributed by atoms with Crippen molar-refractivity contribution in [2.24, 2.45) is 0 Å². The first-order valence-corrected chi connectivity index (χ1v) is 23.1. The zero-order chi connectivity index (χ0) is 44.4. The van der Waals surface area contributed by atoms with Crippen molar-refractivity contribution in [2.45, 2.75) is 19.3 Å². The van der Waals surface area contributed by atoms with E-state index >= 15 is 0 Å². The molecule has 1 aliphatic carbocycles. The number of aromatic nitrogens is 1. The molecule has 0 amide bonds. The summed E-state index contributed by atoms with van der Waals surface area (Å²) in [6, 6.07) is 78.9. The lowest BCUT2D eigenvalue weighted by atomic mass is 9.82. The molecule has 67 heavy (non-hydrogen) atoms. The van der Waals surface area contributed by atoms with Gasteiger partial charge in [0.05, 0.1) is 33.5 Å². The first kappa shape index (κ1) is 37.7. The van der Waals surface area contributed by atoms with Gasteiger partial charge >= 0.3 is 0 Å². The van der Waals surface area contributed by atoms with Gasteiger partial charge in [-0.25, -0.2) is 0 Å². The van der Waals surface area contributed by atoms with Gasteiger partial charge in [-0.1, -0.05) is 159 Å². The number of furan rings is 2. The van der Waals surface area contributed by atoms with Crippen LogP contribution in [0, 0.1) is 0 Å². The van der Waals surface area contributed by atoms with Crippen molar-refractivity contribution in [1.82, 2.24) is 4.57 Å². The second-order valence-electron chi connectivity index (χ2n) is 18.4. The number of para-hydroxylation sites is 3. The highest BCUT2D eigenvalue weighted by atomic mass is 16.3. The molecule has 0 spiro atoms. The Hall–Kier alpha value is -8.60. The van der Waals surface area contributed by atoms with Gasteiger partial charge in [-0.05, 0) is 112 Å². The molecule has 316 valence electrons. The predicted octanol–water partition coefficient (Wildman–Crippen LogP) is 17.7. The average molecular weight is 859 g/mol. The zero-order valence-corrected chi connectivity index (χ0v) is 37.0. The summed E-state index contributed by atoms with van der Waals surface area (Å²) in [5.41, 5.74) is 19.8. The molecular weight excluding hydrogens is 817 g/mol. The molecule has 0 radical (unpaired) electrons. The summed E-state index contributed by atoms with van der Waals surface area (Å²) in [4.78, 5) is 2.46. The molecule has 3 heterocycles. The largest absolute Gasteiger partial charge is 0.456 e. The Morgan fingerprint density at radius 1 is 0.403 bits per heavy atom. The fraction of sp³-hybridized carbons (Fsp3) is 0.0476. The lowest BCUT2D eigenvalue weighted by Gasteiger charge is -2.29. The maximum atomic E-state index is 6.76. The van der Waals surface area contributed by atoms with Crippen LogP contribution < -0.4 is 4.90 Å². The van der Waals surface area contributed by atoms with Gasteiger partial charge < -0.3 is 18.3 Å². The molecule has 0 bridgehead atoms. The Balaban J connectivity index is 0.962. The van der Waals surface area contributed by atoms with E-state index in [2.05, 4.69) is 230 Å². The standard InChI is InChI=1S/C63H42N2O2/c1-63(2)50-21-9-6-19-47(50)60-51(63)22-13-24-54(60)64(43-33-29-40(30-34-43)39-15-4-3-5-16-39)55-25-14-28-59-61(55)49-38-42(32-36-58(49)66-59)41-31-35-53-48(37-41)44-17-7-10-23-52(44)65(53)56-26-12-20-46-45-18-8-11-27-57(45)67-62(46)56/h3-38H,1-2H3. The van der Waals surface area contributed by atoms with Crippen LogP contribution in [0.4, 0.5) is 17.1 Å². The molecule has 0 unspecified atom stereocenters. The van der Waals surface area contributed by atoms with Crippen LogP contribution in [0.1, 0.15) is 25.0 Å². The third-order valence-corrected chi connectivity index (χ3v) is 14.4. The van der Waals surface area contributed by atoms with Crippen LogP contribution in [0.25, 0.3) is 105 Å². The monoisotopic (exact) mass is 858 g/mol. The highest BCUT2D eigenvalue weighted by molar-refractivity contribution is 6.16. The zero-order valence-electron chi connectivity index (χ0n) is 37.0. The molecule has 0 saturated carbocycles. The van der Waals surface area contributed by atoms with E-state index in [0.29, 0.717) is 0 Å². The molecule has 13 aromatic rings. The molecular formula is C63H42N2O2. The second kappa shape index (κ2) is 14.2. The van der Waals surface area contributed by atoms with Gasteiger partial charge in [-0.3, -0.25) is 0 Å². The van der Waals surface area contributed by atoms with Crippen LogP contribution in [0.2, 0.25) is 0 Å². The van der Waals surface area contributed by atoms with Gasteiger partial charge in [-0.2, -0.15) is 0 Å². The van der Waals surface area contributed by atoms with Crippen LogP contribution in [0.5, 0.6) is 0 Å². The topological polar surface area (TPSA) is 34.5 Å². The van der Waals surface area contributed by atoms with E-state index in [4.69, 9.17) is 8.83 Å². The molecule has 4 heteroatoms. The molecule has 14 rings (SSSR count). The van der Waals surface area contributed by atoms with E-state index in [1.54, 1.807) is 0 Å². The normalized spacial score (nSPS) is 13.0. The van der Waals surface area contributed by atoms with E-state index in [0.717, 1.165) is 88.8 Å². The van der Waals surface area contributed by atoms with E-state index < -0.39 is 0 Å². The van der Waals surface area contributed by atoms with Gasteiger partial charge in [0, 0.05) is 43.6 Å². The van der Waals surface area contributed by atoms with Gasteiger partial charge in [0.15, 0.2) is 5.58 Å². The molecule has 1 aliphatic rings. The Morgan fingerprint density at radius 3 is 1.90 bits per heavy atom. The van der Waals surface area contributed by atoms with E-state index in [1.165, 1.54) is 44.2 Å². The number of benzene rings is 10. The number of nitrogens with zero attached hydrogens (tertiary/aromatic N) is 2. The summed E-state index contributed by atoms with van der Waals surface area (Å²) >= 11 is 0. The molecule has 0 saturated heterocycles. The van der Waals surface area contributed by atoms with Crippen LogP contribution in [0.15, 0.2) is 227 Å². The van der Waals surface area contributed by atoms with Gasteiger partial charge in [-0.15, -0.1) is 0 Å². The van der Waals surface area contributed by atoms with Crippen molar-refractivity contribution in [3.63, 3.8) is 0 Å². The molecule has 4 nitrogen and oxygen atoms in total. The first-order chi connectivity index (χ1) is 33.0. The first-order valence-electron chi connectivity index (χ1n) is 23.1. The molecule has 10 aromatic carbocycles. The van der Waals surface area contributed by atoms with Crippen LogP contribution in [-0.2, 0) is 5.41 Å². The minimum Gasteiger partial charge on any atom is -0.456 e. The Bertz CT molecular complexity index is 4130. The number of hydrogen-bond donors (Lipinski definition) is 0. The maximum Gasteiger partial charge on any atom is 0.159 e. The summed E-state index contributed by atoms with van der Waals surface area (Å²) in [5, 5.41) is 6.76. The van der Waals surface area contributed by atoms with Crippen molar-refractivity contribution in [1.29, 1.82) is 0 Å². The van der Waals surface area contributed by atoms with Crippen molar-refractivity contribution in [3.05, 3.63) is 230 Å². The van der Waals surface area contributed by atoms with Crippen LogP contribution in [0.3, 0.4) is 0 Å². The predicted molar refractivity (Wildman–Crippen MR) is 278 cm³/mol. The summed E-state index contributed by atoms with van der Waals surface area (Å²) < 4.78 is 15.7.